The second kappa shape index (κ2) is 10.7. The lowest BCUT2D eigenvalue weighted by Gasteiger charge is -2.31. The maximum absolute atomic E-state index is 11.8. The van der Waals surface area contributed by atoms with Gasteiger partial charge in [0, 0.05) is 0 Å². The first-order chi connectivity index (χ1) is 12.5. The third-order valence-corrected chi connectivity index (χ3v) is 9.84. The smallest absolute Gasteiger partial charge is 0.335 e. The third-order valence-electron chi connectivity index (χ3n) is 3.62. The van der Waals surface area contributed by atoms with Crippen molar-refractivity contribution in [2.24, 2.45) is 0 Å². The van der Waals surface area contributed by atoms with E-state index in [1.807, 2.05) is 30.3 Å². The monoisotopic (exact) mass is 412 g/mol. The molecule has 0 bridgehead atoms. The predicted molar refractivity (Wildman–Crippen MR) is 109 cm³/mol. The average Bonchev–Trinajstić information content (AvgIpc) is 2.55. The van der Waals surface area contributed by atoms with Crippen molar-refractivity contribution in [3.05, 3.63) is 35.9 Å². The molecule has 1 atom stereocenters. The first-order valence-corrected chi connectivity index (χ1v) is 15.8. The molecule has 0 heterocycles. The summed E-state index contributed by atoms with van der Waals surface area (Å²) in [6.45, 7) is 11.2. The molecule has 0 aliphatic rings. The molecule has 0 saturated carbocycles. The Labute approximate surface area is 164 Å². The lowest BCUT2D eigenvalue weighted by molar-refractivity contribution is -0.161. The summed E-state index contributed by atoms with van der Waals surface area (Å²) in [5.41, 5.74) is 0.813. The molecule has 152 valence electrons. The maximum Gasteiger partial charge on any atom is 0.335 e. The fraction of sp³-hybridized carbons (Fsp3) is 0.579. The molecule has 1 N–H and O–H groups in total. The number of carbonyl (C=O) groups excluding carboxylic acids is 2. The number of hydrogen-bond donors (Lipinski definition) is 1. The number of carbonyl (C=O) groups is 2. The molecule has 0 fully saturated rings. The highest BCUT2D eigenvalue weighted by Gasteiger charge is 2.29. The summed E-state index contributed by atoms with van der Waals surface area (Å²) in [6, 6.07) is 10.0. The Balaban J connectivity index is 2.24. The standard InChI is InChI=1S/C19H32O6Si2/c1-26(2,3)25-27(4,5)13-9-12-23-18(21)14-17(20)19(22)24-15-16-10-7-6-8-11-16/h6-8,10-11,17,20H,9,12-15H2,1-5H3. The number of ether oxygens (including phenoxy) is 2. The zero-order chi connectivity index (χ0) is 20.5. The van der Waals surface area contributed by atoms with Gasteiger partial charge < -0.3 is 18.7 Å². The minimum atomic E-state index is -1.76. The zero-order valence-electron chi connectivity index (χ0n) is 17.0. The van der Waals surface area contributed by atoms with E-state index in [1.165, 1.54) is 0 Å². The van der Waals surface area contributed by atoms with Gasteiger partial charge in [-0.25, -0.2) is 4.79 Å². The fourth-order valence-electron chi connectivity index (χ4n) is 2.69. The molecule has 0 aliphatic carbocycles. The Hall–Kier alpha value is -1.49. The van der Waals surface area contributed by atoms with Gasteiger partial charge in [0.2, 0.25) is 0 Å². The molecule has 1 aromatic rings. The molecule has 1 unspecified atom stereocenters. The predicted octanol–water partition coefficient (Wildman–Crippen LogP) is 3.47. The molecule has 0 amide bonds. The quantitative estimate of drug-likeness (QED) is 0.340. The normalized spacial score (nSPS) is 13.1. The van der Waals surface area contributed by atoms with E-state index < -0.39 is 41.1 Å². The largest absolute Gasteiger partial charge is 0.466 e. The molecule has 1 rings (SSSR count). The molecule has 27 heavy (non-hydrogen) atoms. The van der Waals surface area contributed by atoms with Crippen molar-refractivity contribution in [3.8, 4) is 0 Å². The van der Waals surface area contributed by atoms with Crippen LogP contribution in [0.2, 0.25) is 38.8 Å². The van der Waals surface area contributed by atoms with Gasteiger partial charge in [-0.3, -0.25) is 4.79 Å². The zero-order valence-corrected chi connectivity index (χ0v) is 19.0. The number of aliphatic hydroxyl groups excluding tert-OH is 1. The maximum atomic E-state index is 11.8. The van der Waals surface area contributed by atoms with Gasteiger partial charge >= 0.3 is 11.9 Å². The minimum absolute atomic E-state index is 0.0581. The molecule has 0 aromatic heterocycles. The van der Waals surface area contributed by atoms with Crippen molar-refractivity contribution in [1.29, 1.82) is 0 Å². The molecule has 0 spiro atoms. The topological polar surface area (TPSA) is 82.1 Å². The highest BCUT2D eigenvalue weighted by Crippen LogP contribution is 2.19. The van der Waals surface area contributed by atoms with Crippen LogP contribution in [0, 0.1) is 0 Å². The number of esters is 2. The lowest BCUT2D eigenvalue weighted by Crippen LogP contribution is -2.42. The number of rotatable bonds is 11. The Bertz CT molecular complexity index is 598. The second-order valence-corrected chi connectivity index (χ2v) is 17.2. The van der Waals surface area contributed by atoms with Gasteiger partial charge in [0.15, 0.2) is 22.7 Å². The van der Waals surface area contributed by atoms with E-state index in [9.17, 15) is 14.7 Å². The van der Waals surface area contributed by atoms with Crippen LogP contribution in [0.3, 0.4) is 0 Å². The number of hydrogen-bond acceptors (Lipinski definition) is 6. The van der Waals surface area contributed by atoms with Gasteiger partial charge in [-0.2, -0.15) is 0 Å². The van der Waals surface area contributed by atoms with Gasteiger partial charge in [-0.15, -0.1) is 0 Å². The Morgan fingerprint density at radius 3 is 2.26 bits per heavy atom. The van der Waals surface area contributed by atoms with E-state index in [1.54, 1.807) is 0 Å². The van der Waals surface area contributed by atoms with Gasteiger partial charge in [0.1, 0.15) is 6.61 Å². The van der Waals surface area contributed by atoms with Crippen molar-refractivity contribution in [2.75, 3.05) is 6.61 Å². The van der Waals surface area contributed by atoms with Crippen molar-refractivity contribution >= 4 is 28.6 Å². The molecular formula is C19H32O6Si2. The van der Waals surface area contributed by atoms with Crippen molar-refractivity contribution in [3.63, 3.8) is 0 Å². The lowest BCUT2D eigenvalue weighted by atomic mass is 10.2. The molecule has 0 saturated heterocycles. The van der Waals surface area contributed by atoms with Gasteiger partial charge in [-0.1, -0.05) is 30.3 Å². The van der Waals surface area contributed by atoms with Crippen LogP contribution in [-0.2, 0) is 29.8 Å². The second-order valence-electron chi connectivity index (χ2n) is 8.11. The van der Waals surface area contributed by atoms with Crippen LogP contribution in [0.4, 0.5) is 0 Å². The van der Waals surface area contributed by atoms with Crippen LogP contribution in [-0.4, -0.2) is 46.4 Å². The van der Waals surface area contributed by atoms with Crippen molar-refractivity contribution in [1.82, 2.24) is 0 Å². The average molecular weight is 413 g/mol. The molecule has 0 aliphatic heterocycles. The first-order valence-electron chi connectivity index (χ1n) is 9.23. The van der Waals surface area contributed by atoms with E-state index in [-0.39, 0.29) is 13.2 Å². The van der Waals surface area contributed by atoms with Crippen LogP contribution in [0.1, 0.15) is 18.4 Å². The van der Waals surface area contributed by atoms with Crippen LogP contribution < -0.4 is 0 Å². The van der Waals surface area contributed by atoms with E-state index in [2.05, 4.69) is 32.7 Å². The van der Waals surface area contributed by atoms with Crippen LogP contribution >= 0.6 is 0 Å². The Morgan fingerprint density at radius 2 is 1.67 bits per heavy atom. The van der Waals surface area contributed by atoms with Crippen molar-refractivity contribution < 1.29 is 28.3 Å². The molecular weight excluding hydrogens is 380 g/mol. The summed E-state index contributed by atoms with van der Waals surface area (Å²) >= 11 is 0. The molecule has 8 heteroatoms. The summed E-state index contributed by atoms with van der Waals surface area (Å²) in [4.78, 5) is 23.5. The number of benzene rings is 1. The summed E-state index contributed by atoms with van der Waals surface area (Å²) in [5, 5.41) is 9.80. The van der Waals surface area contributed by atoms with E-state index in [4.69, 9.17) is 13.6 Å². The summed E-state index contributed by atoms with van der Waals surface area (Å²) < 4.78 is 16.4. The summed E-state index contributed by atoms with van der Waals surface area (Å²) in [6.07, 6.45) is -1.20. The minimum Gasteiger partial charge on any atom is -0.466 e. The first kappa shape index (κ1) is 23.6. The van der Waals surface area contributed by atoms with Crippen LogP contribution in [0.25, 0.3) is 0 Å². The molecule has 6 nitrogen and oxygen atoms in total. The van der Waals surface area contributed by atoms with E-state index in [0.29, 0.717) is 6.42 Å². The SMILES string of the molecule is C[Si](C)(C)O[Si](C)(C)CCCOC(=O)CC(O)C(=O)OCc1ccccc1. The fourth-order valence-corrected chi connectivity index (χ4v) is 10.7. The van der Waals surface area contributed by atoms with Crippen LogP contribution in [0.15, 0.2) is 30.3 Å². The van der Waals surface area contributed by atoms with E-state index in [0.717, 1.165) is 11.6 Å². The third kappa shape index (κ3) is 11.1. The summed E-state index contributed by atoms with van der Waals surface area (Å²) in [5.74, 6) is -1.43. The van der Waals surface area contributed by atoms with Gasteiger partial charge in [0.25, 0.3) is 0 Å². The highest BCUT2D eigenvalue weighted by atomic mass is 28.4. The van der Waals surface area contributed by atoms with Crippen molar-refractivity contribution in [2.45, 2.75) is 64.3 Å². The summed E-state index contributed by atoms with van der Waals surface area (Å²) in [7, 11) is -3.33. The van der Waals surface area contributed by atoms with Gasteiger partial charge in [-0.05, 0) is 50.8 Å². The molecule has 0 radical (unpaired) electrons. The van der Waals surface area contributed by atoms with Gasteiger partial charge in [0.05, 0.1) is 13.0 Å². The van der Waals surface area contributed by atoms with E-state index >= 15 is 0 Å². The highest BCUT2D eigenvalue weighted by molar-refractivity contribution is 6.84. The molecule has 1 aromatic carbocycles. The van der Waals surface area contributed by atoms with Crippen LogP contribution in [0.5, 0.6) is 0 Å². The Kier molecular flexibility index (Phi) is 9.37. The number of aliphatic hydroxyl groups is 1. The Morgan fingerprint density at radius 1 is 1.04 bits per heavy atom.